The number of ether oxygens (including phenoxy) is 1. The van der Waals surface area contributed by atoms with Crippen molar-refractivity contribution >= 4 is 5.91 Å². The number of nitrogens with zero attached hydrogens (tertiary/aromatic N) is 2. The monoisotopic (exact) mass is 283 g/mol. The Morgan fingerprint density at radius 1 is 1.25 bits per heavy atom. The molecule has 5 nitrogen and oxygen atoms in total. The molecule has 2 heterocycles. The Balaban J connectivity index is 1.68. The first-order valence-corrected chi connectivity index (χ1v) is 7.96. The van der Waals surface area contributed by atoms with Crippen LogP contribution < -0.4 is 5.73 Å². The van der Waals surface area contributed by atoms with E-state index < -0.39 is 6.04 Å². The number of piperidine rings is 1. The average molecular weight is 283 g/mol. The van der Waals surface area contributed by atoms with Gasteiger partial charge in [-0.2, -0.15) is 0 Å². The lowest BCUT2D eigenvalue weighted by molar-refractivity contribution is -0.134. The Kier molecular flexibility index (Phi) is 6.26. The van der Waals surface area contributed by atoms with E-state index in [1.165, 1.54) is 32.5 Å². The third kappa shape index (κ3) is 4.43. The number of hydrogen-bond donors (Lipinski definition) is 1. The number of carbonyl (C=O) groups excluding carboxylic acids is 1. The highest BCUT2D eigenvalue weighted by Crippen LogP contribution is 2.21. The Morgan fingerprint density at radius 3 is 2.50 bits per heavy atom. The van der Waals surface area contributed by atoms with Crippen LogP contribution in [0, 0.1) is 5.92 Å². The van der Waals surface area contributed by atoms with Crippen LogP contribution in [-0.4, -0.2) is 68.2 Å². The summed E-state index contributed by atoms with van der Waals surface area (Å²) in [5.74, 6) is 0.856. The average Bonchev–Trinajstić information content (AvgIpc) is 2.97. The molecule has 1 unspecified atom stereocenters. The fourth-order valence-corrected chi connectivity index (χ4v) is 3.27. The topological polar surface area (TPSA) is 58.8 Å². The molecule has 1 amide bonds. The maximum Gasteiger partial charge on any atom is 0.239 e. The van der Waals surface area contributed by atoms with Gasteiger partial charge in [0.2, 0.25) is 5.91 Å². The van der Waals surface area contributed by atoms with Gasteiger partial charge in [0.25, 0.3) is 0 Å². The lowest BCUT2D eigenvalue weighted by atomic mass is 9.95. The number of nitrogens with two attached hydrogens (primary N) is 1. The van der Waals surface area contributed by atoms with Crippen molar-refractivity contribution in [1.29, 1.82) is 0 Å². The summed E-state index contributed by atoms with van der Waals surface area (Å²) in [5, 5.41) is 0. The van der Waals surface area contributed by atoms with Crippen molar-refractivity contribution in [1.82, 2.24) is 9.80 Å². The van der Waals surface area contributed by atoms with Crippen LogP contribution in [0.15, 0.2) is 0 Å². The summed E-state index contributed by atoms with van der Waals surface area (Å²) in [7, 11) is 1.64. The molecule has 2 aliphatic rings. The third-order valence-corrected chi connectivity index (χ3v) is 4.59. The zero-order valence-corrected chi connectivity index (χ0v) is 12.7. The molecular weight excluding hydrogens is 254 g/mol. The number of carbonyl (C=O) groups is 1. The van der Waals surface area contributed by atoms with Crippen molar-refractivity contribution in [2.24, 2.45) is 11.7 Å². The molecule has 2 saturated heterocycles. The fourth-order valence-electron chi connectivity index (χ4n) is 3.27. The van der Waals surface area contributed by atoms with Gasteiger partial charge in [-0.25, -0.2) is 0 Å². The van der Waals surface area contributed by atoms with E-state index in [0.29, 0.717) is 13.0 Å². The fraction of sp³-hybridized carbons (Fsp3) is 0.933. The molecule has 0 aliphatic carbocycles. The first kappa shape index (κ1) is 15.7. The van der Waals surface area contributed by atoms with Crippen molar-refractivity contribution in [2.45, 2.75) is 38.1 Å². The van der Waals surface area contributed by atoms with Crippen LogP contribution in [0.4, 0.5) is 0 Å². The Bertz CT molecular complexity index is 297. The zero-order chi connectivity index (χ0) is 14.4. The zero-order valence-electron chi connectivity index (χ0n) is 12.7. The van der Waals surface area contributed by atoms with Crippen LogP contribution in [0.1, 0.15) is 32.1 Å². The largest absolute Gasteiger partial charge is 0.385 e. The molecule has 0 bridgehead atoms. The molecule has 0 aromatic carbocycles. The maximum atomic E-state index is 12.2. The van der Waals surface area contributed by atoms with E-state index in [9.17, 15) is 4.79 Å². The first-order valence-electron chi connectivity index (χ1n) is 7.96. The molecule has 2 N–H and O–H groups in total. The van der Waals surface area contributed by atoms with E-state index >= 15 is 0 Å². The maximum absolute atomic E-state index is 12.2. The van der Waals surface area contributed by atoms with Gasteiger partial charge in [0.05, 0.1) is 6.04 Å². The normalized spacial score (nSPS) is 23.2. The Morgan fingerprint density at radius 2 is 1.90 bits per heavy atom. The highest BCUT2D eigenvalue weighted by molar-refractivity contribution is 5.81. The highest BCUT2D eigenvalue weighted by Gasteiger charge is 2.27. The van der Waals surface area contributed by atoms with Gasteiger partial charge in [0, 0.05) is 33.4 Å². The molecule has 0 saturated carbocycles. The molecule has 5 heteroatoms. The summed E-state index contributed by atoms with van der Waals surface area (Å²) in [6.45, 7) is 6.05. The van der Waals surface area contributed by atoms with Crippen molar-refractivity contribution < 1.29 is 9.53 Å². The Labute approximate surface area is 122 Å². The molecule has 0 aromatic rings. The standard InChI is InChI=1S/C15H29N3O2/c1-20-11-6-14(16)15(19)18-9-4-13(5-10-18)12-17-7-2-3-8-17/h13-14H,2-12,16H2,1H3. The third-order valence-electron chi connectivity index (χ3n) is 4.59. The summed E-state index contributed by atoms with van der Waals surface area (Å²) >= 11 is 0. The minimum absolute atomic E-state index is 0.0988. The van der Waals surface area contributed by atoms with Gasteiger partial charge in [-0.15, -0.1) is 0 Å². The minimum Gasteiger partial charge on any atom is -0.385 e. The highest BCUT2D eigenvalue weighted by atomic mass is 16.5. The second kappa shape index (κ2) is 7.96. The summed E-state index contributed by atoms with van der Waals surface area (Å²) in [6, 6.07) is -0.398. The summed E-state index contributed by atoms with van der Waals surface area (Å²) in [5.41, 5.74) is 5.92. The van der Waals surface area contributed by atoms with Crippen LogP contribution in [-0.2, 0) is 9.53 Å². The van der Waals surface area contributed by atoms with Gasteiger partial charge in [0.15, 0.2) is 0 Å². The smallest absolute Gasteiger partial charge is 0.239 e. The molecule has 2 aliphatic heterocycles. The van der Waals surface area contributed by atoms with Crippen molar-refractivity contribution in [3.63, 3.8) is 0 Å². The number of hydrogen-bond acceptors (Lipinski definition) is 4. The van der Waals surface area contributed by atoms with Gasteiger partial charge < -0.3 is 20.3 Å². The SMILES string of the molecule is COCCC(N)C(=O)N1CCC(CN2CCCC2)CC1. The van der Waals surface area contributed by atoms with Crippen molar-refractivity contribution in [3.05, 3.63) is 0 Å². The van der Waals surface area contributed by atoms with Gasteiger partial charge in [-0.05, 0) is 51.1 Å². The van der Waals surface area contributed by atoms with E-state index in [1.54, 1.807) is 7.11 Å². The number of likely N-dealkylation sites (tertiary alicyclic amines) is 2. The molecule has 0 radical (unpaired) electrons. The van der Waals surface area contributed by atoms with E-state index in [1.807, 2.05) is 4.90 Å². The van der Waals surface area contributed by atoms with Crippen LogP contribution in [0.25, 0.3) is 0 Å². The van der Waals surface area contributed by atoms with Gasteiger partial charge in [-0.3, -0.25) is 4.79 Å². The lowest BCUT2D eigenvalue weighted by Crippen LogP contribution is -2.48. The van der Waals surface area contributed by atoms with Crippen LogP contribution in [0.5, 0.6) is 0 Å². The predicted octanol–water partition coefficient (Wildman–Crippen LogP) is 0.685. The quantitative estimate of drug-likeness (QED) is 0.779. The van der Waals surface area contributed by atoms with Crippen LogP contribution >= 0.6 is 0 Å². The van der Waals surface area contributed by atoms with Crippen molar-refractivity contribution in [3.8, 4) is 0 Å². The molecule has 0 aromatic heterocycles. The van der Waals surface area contributed by atoms with E-state index in [4.69, 9.17) is 10.5 Å². The lowest BCUT2D eigenvalue weighted by Gasteiger charge is -2.35. The van der Waals surface area contributed by atoms with Gasteiger partial charge >= 0.3 is 0 Å². The van der Waals surface area contributed by atoms with Gasteiger partial charge in [0.1, 0.15) is 0 Å². The molecular formula is C15H29N3O2. The number of rotatable bonds is 6. The molecule has 20 heavy (non-hydrogen) atoms. The van der Waals surface area contributed by atoms with E-state index in [0.717, 1.165) is 31.8 Å². The first-order chi connectivity index (χ1) is 9.70. The summed E-state index contributed by atoms with van der Waals surface area (Å²) in [4.78, 5) is 16.7. The second-order valence-corrected chi connectivity index (χ2v) is 6.16. The molecule has 1 atom stereocenters. The number of amides is 1. The number of methoxy groups -OCH3 is 1. The van der Waals surface area contributed by atoms with Crippen molar-refractivity contribution in [2.75, 3.05) is 46.4 Å². The summed E-state index contributed by atoms with van der Waals surface area (Å²) < 4.78 is 4.99. The molecule has 0 spiro atoms. The van der Waals surface area contributed by atoms with E-state index in [-0.39, 0.29) is 5.91 Å². The van der Waals surface area contributed by atoms with Crippen LogP contribution in [0.3, 0.4) is 0 Å². The van der Waals surface area contributed by atoms with Gasteiger partial charge in [-0.1, -0.05) is 0 Å². The minimum atomic E-state index is -0.398. The molecule has 116 valence electrons. The molecule has 2 rings (SSSR count). The molecule has 2 fully saturated rings. The van der Waals surface area contributed by atoms with Crippen LogP contribution in [0.2, 0.25) is 0 Å². The Hall–Kier alpha value is -0.650. The second-order valence-electron chi connectivity index (χ2n) is 6.16. The predicted molar refractivity (Wildman–Crippen MR) is 79.4 cm³/mol. The summed E-state index contributed by atoms with van der Waals surface area (Å²) in [6.07, 6.45) is 5.57. The van der Waals surface area contributed by atoms with E-state index in [2.05, 4.69) is 4.90 Å².